The van der Waals surface area contributed by atoms with Crippen LogP contribution >= 0.6 is 0 Å². The maximum atomic E-state index is 11.5. The van der Waals surface area contributed by atoms with Gasteiger partial charge in [0.25, 0.3) is 0 Å². The van der Waals surface area contributed by atoms with Gasteiger partial charge in [-0.3, -0.25) is 9.59 Å². The van der Waals surface area contributed by atoms with Crippen molar-refractivity contribution < 1.29 is 23.1 Å². The zero-order valence-electron chi connectivity index (χ0n) is 7.97. The minimum absolute atomic E-state index is 0.175. The standard InChI is InChI=1S/C7H12N2O5S/c10-6-4-9(3-1-2-8-6)15(13,14)5-7(11)12/h1-5H2,(H,8,10)(H,11,12). The number of aliphatic carboxylic acids is 1. The van der Waals surface area contributed by atoms with Crippen LogP contribution in [0.15, 0.2) is 0 Å². The number of carbonyl (C=O) groups is 2. The number of carbonyl (C=O) groups excluding carboxylic acids is 1. The number of sulfonamides is 1. The molecule has 1 fully saturated rings. The molecule has 0 spiro atoms. The van der Waals surface area contributed by atoms with Crippen LogP contribution in [0.3, 0.4) is 0 Å². The van der Waals surface area contributed by atoms with Gasteiger partial charge in [0.1, 0.15) is 0 Å². The maximum absolute atomic E-state index is 11.5. The van der Waals surface area contributed by atoms with Crippen LogP contribution in [0, 0.1) is 0 Å². The van der Waals surface area contributed by atoms with Crippen LogP contribution in [0.1, 0.15) is 6.42 Å². The summed E-state index contributed by atoms with van der Waals surface area (Å²) in [6, 6.07) is 0. The number of nitrogens with zero attached hydrogens (tertiary/aromatic N) is 1. The van der Waals surface area contributed by atoms with Gasteiger partial charge in [0.2, 0.25) is 15.9 Å². The van der Waals surface area contributed by atoms with Gasteiger partial charge in [0.15, 0.2) is 5.75 Å². The van der Waals surface area contributed by atoms with E-state index < -0.39 is 27.7 Å². The van der Waals surface area contributed by atoms with Crippen LogP contribution in [0.25, 0.3) is 0 Å². The van der Waals surface area contributed by atoms with Crippen LogP contribution in [-0.2, 0) is 19.6 Å². The first-order valence-corrected chi connectivity index (χ1v) is 5.99. The predicted molar refractivity (Wildman–Crippen MR) is 50.6 cm³/mol. The van der Waals surface area contributed by atoms with Gasteiger partial charge in [0.05, 0.1) is 6.54 Å². The second-order valence-corrected chi connectivity index (χ2v) is 5.16. The lowest BCUT2D eigenvalue weighted by atomic mass is 10.4. The Balaban J connectivity index is 2.76. The van der Waals surface area contributed by atoms with Crippen molar-refractivity contribution in [3.05, 3.63) is 0 Å². The van der Waals surface area contributed by atoms with E-state index in [0.29, 0.717) is 13.0 Å². The Morgan fingerprint density at radius 3 is 2.80 bits per heavy atom. The summed E-state index contributed by atoms with van der Waals surface area (Å²) in [5.74, 6) is -2.79. The molecule has 0 atom stereocenters. The number of carboxylic acids is 1. The number of carboxylic acid groups (broad SMARTS) is 1. The van der Waals surface area contributed by atoms with Crippen LogP contribution in [0.5, 0.6) is 0 Å². The maximum Gasteiger partial charge on any atom is 0.320 e. The molecule has 1 aliphatic heterocycles. The Kier molecular flexibility index (Phi) is 3.64. The summed E-state index contributed by atoms with van der Waals surface area (Å²) in [6.07, 6.45) is 0.491. The van der Waals surface area contributed by atoms with Crippen LogP contribution in [0.2, 0.25) is 0 Å². The SMILES string of the molecule is O=C(O)CS(=O)(=O)N1CCCNC(=O)C1. The van der Waals surface area contributed by atoms with E-state index in [2.05, 4.69) is 5.32 Å². The van der Waals surface area contributed by atoms with Crippen molar-refractivity contribution in [3.8, 4) is 0 Å². The molecule has 1 heterocycles. The average Bonchev–Trinajstić information content (AvgIpc) is 2.27. The van der Waals surface area contributed by atoms with Crippen molar-refractivity contribution >= 4 is 21.9 Å². The van der Waals surface area contributed by atoms with Gasteiger partial charge in [-0.15, -0.1) is 0 Å². The van der Waals surface area contributed by atoms with E-state index in [1.54, 1.807) is 0 Å². The highest BCUT2D eigenvalue weighted by Gasteiger charge is 2.28. The monoisotopic (exact) mass is 236 g/mol. The molecule has 0 aromatic carbocycles. The lowest BCUT2D eigenvalue weighted by Gasteiger charge is -2.16. The minimum Gasteiger partial charge on any atom is -0.480 e. The number of nitrogens with one attached hydrogen (secondary N) is 1. The first kappa shape index (κ1) is 11.9. The van der Waals surface area contributed by atoms with Crippen LogP contribution in [-0.4, -0.2) is 55.1 Å². The van der Waals surface area contributed by atoms with Crippen molar-refractivity contribution in [3.63, 3.8) is 0 Å². The number of amides is 1. The second-order valence-electron chi connectivity index (χ2n) is 3.19. The molecule has 7 nitrogen and oxygen atoms in total. The Morgan fingerprint density at radius 2 is 2.20 bits per heavy atom. The molecule has 1 amide bonds. The molecule has 8 heteroatoms. The molecule has 0 aliphatic carbocycles. The van der Waals surface area contributed by atoms with Crippen molar-refractivity contribution in [1.29, 1.82) is 0 Å². The van der Waals surface area contributed by atoms with E-state index in [-0.39, 0.29) is 13.1 Å². The summed E-state index contributed by atoms with van der Waals surface area (Å²) in [4.78, 5) is 21.4. The van der Waals surface area contributed by atoms with E-state index in [1.165, 1.54) is 0 Å². The third-order valence-electron chi connectivity index (χ3n) is 1.93. The first-order valence-electron chi connectivity index (χ1n) is 4.38. The fourth-order valence-electron chi connectivity index (χ4n) is 1.26. The fourth-order valence-corrected chi connectivity index (χ4v) is 2.48. The summed E-state index contributed by atoms with van der Waals surface area (Å²) in [6.45, 7) is 0.294. The third-order valence-corrected chi connectivity index (χ3v) is 3.64. The predicted octanol–water partition coefficient (Wildman–Crippen LogP) is -1.78. The molecule has 0 aromatic heterocycles. The molecule has 1 aliphatic rings. The summed E-state index contributed by atoms with van der Waals surface area (Å²) in [5, 5.41) is 10.9. The molecule has 0 radical (unpaired) electrons. The van der Waals surface area contributed by atoms with Gasteiger partial charge in [-0.25, -0.2) is 8.42 Å². The number of hydrogen-bond donors (Lipinski definition) is 2. The summed E-state index contributed by atoms with van der Waals surface area (Å²) in [7, 11) is -3.87. The summed E-state index contributed by atoms with van der Waals surface area (Å²) < 4.78 is 23.8. The minimum atomic E-state index is -3.87. The van der Waals surface area contributed by atoms with Crippen LogP contribution in [0.4, 0.5) is 0 Å². The third kappa shape index (κ3) is 3.48. The van der Waals surface area contributed by atoms with Gasteiger partial charge in [-0.2, -0.15) is 4.31 Å². The lowest BCUT2D eigenvalue weighted by Crippen LogP contribution is -2.40. The fraction of sp³-hybridized carbons (Fsp3) is 0.714. The van der Waals surface area contributed by atoms with Gasteiger partial charge in [-0.05, 0) is 6.42 Å². The van der Waals surface area contributed by atoms with Crippen molar-refractivity contribution in [2.45, 2.75) is 6.42 Å². The molecule has 1 saturated heterocycles. The van der Waals surface area contributed by atoms with E-state index in [9.17, 15) is 18.0 Å². The first-order chi connectivity index (χ1) is 6.92. The molecule has 2 N–H and O–H groups in total. The Labute approximate surface area is 87.1 Å². The average molecular weight is 236 g/mol. The molecule has 0 bridgehead atoms. The lowest BCUT2D eigenvalue weighted by molar-refractivity contribution is -0.134. The molecule has 0 saturated carbocycles. The highest BCUT2D eigenvalue weighted by atomic mass is 32.2. The van der Waals surface area contributed by atoms with E-state index >= 15 is 0 Å². The Morgan fingerprint density at radius 1 is 1.53 bits per heavy atom. The van der Waals surface area contributed by atoms with Crippen LogP contribution < -0.4 is 5.32 Å². The topological polar surface area (TPSA) is 104 Å². The number of rotatable bonds is 3. The molecule has 0 unspecified atom stereocenters. The van der Waals surface area contributed by atoms with Gasteiger partial charge >= 0.3 is 5.97 Å². The molecular formula is C7H12N2O5S. The summed E-state index contributed by atoms with van der Waals surface area (Å²) >= 11 is 0. The zero-order valence-corrected chi connectivity index (χ0v) is 8.79. The highest BCUT2D eigenvalue weighted by molar-refractivity contribution is 7.89. The molecule has 0 aromatic rings. The Hall–Kier alpha value is -1.15. The van der Waals surface area contributed by atoms with E-state index in [1.807, 2.05) is 0 Å². The number of hydrogen-bond acceptors (Lipinski definition) is 4. The highest BCUT2D eigenvalue weighted by Crippen LogP contribution is 2.04. The molecular weight excluding hydrogens is 224 g/mol. The summed E-state index contributed by atoms with van der Waals surface area (Å²) in [5.41, 5.74) is 0. The molecule has 15 heavy (non-hydrogen) atoms. The van der Waals surface area contributed by atoms with E-state index in [4.69, 9.17) is 5.11 Å². The largest absolute Gasteiger partial charge is 0.480 e. The van der Waals surface area contributed by atoms with Crippen molar-refractivity contribution in [1.82, 2.24) is 9.62 Å². The van der Waals surface area contributed by atoms with Crippen molar-refractivity contribution in [2.24, 2.45) is 0 Å². The Bertz CT molecular complexity index is 364. The van der Waals surface area contributed by atoms with E-state index in [0.717, 1.165) is 4.31 Å². The van der Waals surface area contributed by atoms with Gasteiger partial charge < -0.3 is 10.4 Å². The zero-order chi connectivity index (χ0) is 11.5. The second kappa shape index (κ2) is 4.58. The smallest absolute Gasteiger partial charge is 0.320 e. The van der Waals surface area contributed by atoms with Crippen molar-refractivity contribution in [2.75, 3.05) is 25.4 Å². The van der Waals surface area contributed by atoms with Gasteiger partial charge in [-0.1, -0.05) is 0 Å². The molecule has 86 valence electrons. The quantitative estimate of drug-likeness (QED) is 0.603. The van der Waals surface area contributed by atoms with Gasteiger partial charge in [0, 0.05) is 13.1 Å². The normalized spacial score (nSPS) is 19.3. The molecule has 1 rings (SSSR count).